The van der Waals surface area contributed by atoms with Crippen LogP contribution in [0.2, 0.25) is 0 Å². The SMILES string of the molecule is Cc1sc2ncnc(N(C)C(C)C(=O)OC(C)C)c2c1C. The first-order chi connectivity index (χ1) is 9.82. The fourth-order valence-corrected chi connectivity index (χ4v) is 3.10. The zero-order valence-electron chi connectivity index (χ0n) is 13.3. The number of fused-ring (bicyclic) bond motifs is 1. The molecule has 0 aliphatic carbocycles. The van der Waals surface area contributed by atoms with E-state index in [1.807, 2.05) is 32.7 Å². The molecular formula is C15H21N3O2S. The van der Waals surface area contributed by atoms with Gasteiger partial charge in [0, 0.05) is 11.9 Å². The summed E-state index contributed by atoms with van der Waals surface area (Å²) in [6.45, 7) is 9.65. The lowest BCUT2D eigenvalue weighted by Crippen LogP contribution is -2.38. The number of likely N-dealkylation sites (N-methyl/N-ethyl adjacent to an activating group) is 1. The number of nitrogens with zero attached hydrogens (tertiary/aromatic N) is 3. The Hall–Kier alpha value is -1.69. The van der Waals surface area contributed by atoms with Crippen molar-refractivity contribution in [2.75, 3.05) is 11.9 Å². The lowest BCUT2D eigenvalue weighted by atomic mass is 10.2. The molecular weight excluding hydrogens is 286 g/mol. The summed E-state index contributed by atoms with van der Waals surface area (Å²) in [5, 5.41) is 1.02. The minimum atomic E-state index is -0.398. The van der Waals surface area contributed by atoms with E-state index < -0.39 is 6.04 Å². The number of esters is 1. The molecule has 2 heterocycles. The molecule has 0 bridgehead atoms. The second-order valence-electron chi connectivity index (χ2n) is 5.43. The zero-order chi connectivity index (χ0) is 15.7. The van der Waals surface area contributed by atoms with Crippen LogP contribution in [0.5, 0.6) is 0 Å². The summed E-state index contributed by atoms with van der Waals surface area (Å²) in [6, 6.07) is -0.398. The second-order valence-corrected chi connectivity index (χ2v) is 6.64. The van der Waals surface area contributed by atoms with Gasteiger partial charge in [0.1, 0.15) is 23.0 Å². The van der Waals surface area contributed by atoms with E-state index in [0.717, 1.165) is 16.0 Å². The molecule has 1 unspecified atom stereocenters. The van der Waals surface area contributed by atoms with Gasteiger partial charge in [-0.2, -0.15) is 0 Å². The maximum absolute atomic E-state index is 12.1. The molecule has 0 aliphatic heterocycles. The van der Waals surface area contributed by atoms with Crippen molar-refractivity contribution in [3.8, 4) is 0 Å². The first-order valence-corrected chi connectivity index (χ1v) is 7.78. The fourth-order valence-electron chi connectivity index (χ4n) is 2.10. The van der Waals surface area contributed by atoms with Crippen LogP contribution in [-0.4, -0.2) is 35.1 Å². The van der Waals surface area contributed by atoms with E-state index in [-0.39, 0.29) is 12.1 Å². The maximum Gasteiger partial charge on any atom is 0.328 e. The molecule has 0 N–H and O–H groups in total. The third-order valence-electron chi connectivity index (χ3n) is 3.55. The number of carbonyl (C=O) groups excluding carboxylic acids is 1. The summed E-state index contributed by atoms with van der Waals surface area (Å²) in [4.78, 5) is 24.8. The molecule has 0 amide bonds. The Kier molecular flexibility index (Phi) is 4.46. The van der Waals surface area contributed by atoms with Gasteiger partial charge in [-0.3, -0.25) is 0 Å². The maximum atomic E-state index is 12.1. The van der Waals surface area contributed by atoms with E-state index in [2.05, 4.69) is 23.8 Å². The number of aromatic nitrogens is 2. The monoisotopic (exact) mass is 307 g/mol. The number of aryl methyl sites for hydroxylation is 2. The van der Waals surface area contributed by atoms with Gasteiger partial charge >= 0.3 is 5.97 Å². The first-order valence-electron chi connectivity index (χ1n) is 6.97. The van der Waals surface area contributed by atoms with E-state index >= 15 is 0 Å². The van der Waals surface area contributed by atoms with Crippen LogP contribution in [0.4, 0.5) is 5.82 Å². The molecule has 0 saturated heterocycles. The highest BCUT2D eigenvalue weighted by Gasteiger charge is 2.24. The van der Waals surface area contributed by atoms with Gasteiger partial charge in [-0.05, 0) is 40.2 Å². The van der Waals surface area contributed by atoms with Gasteiger partial charge in [0.2, 0.25) is 0 Å². The largest absolute Gasteiger partial charge is 0.461 e. The molecule has 0 aliphatic rings. The van der Waals surface area contributed by atoms with Crippen LogP contribution >= 0.6 is 11.3 Å². The summed E-state index contributed by atoms with van der Waals surface area (Å²) in [5.41, 5.74) is 1.17. The standard InChI is InChI=1S/C15H21N3O2S/c1-8(2)20-15(19)10(4)18(6)13-12-9(3)11(5)21-14(12)17-7-16-13/h7-8,10H,1-6H3. The average molecular weight is 307 g/mol. The fraction of sp³-hybridized carbons (Fsp3) is 0.533. The number of ether oxygens (including phenoxy) is 1. The van der Waals surface area contributed by atoms with Crippen molar-refractivity contribution in [2.45, 2.75) is 46.8 Å². The molecule has 0 radical (unpaired) electrons. The predicted octanol–water partition coefficient (Wildman–Crippen LogP) is 3.08. The molecule has 2 rings (SSSR count). The zero-order valence-corrected chi connectivity index (χ0v) is 14.1. The number of hydrogen-bond donors (Lipinski definition) is 0. The van der Waals surface area contributed by atoms with Crippen molar-refractivity contribution in [1.82, 2.24) is 9.97 Å². The summed E-state index contributed by atoms with van der Waals surface area (Å²) in [6.07, 6.45) is 1.42. The summed E-state index contributed by atoms with van der Waals surface area (Å²) in [5.74, 6) is 0.527. The molecule has 6 heteroatoms. The Balaban J connectivity index is 2.39. The third-order valence-corrected chi connectivity index (χ3v) is 4.67. The van der Waals surface area contributed by atoms with Crippen LogP contribution in [0.1, 0.15) is 31.2 Å². The molecule has 1 atom stereocenters. The number of thiophene rings is 1. The highest BCUT2D eigenvalue weighted by atomic mass is 32.1. The third kappa shape index (κ3) is 3.00. The Morgan fingerprint density at radius 3 is 2.57 bits per heavy atom. The Morgan fingerprint density at radius 2 is 1.95 bits per heavy atom. The predicted molar refractivity (Wildman–Crippen MR) is 86.0 cm³/mol. The molecule has 0 fully saturated rings. The van der Waals surface area contributed by atoms with Gasteiger partial charge < -0.3 is 9.64 Å². The minimum absolute atomic E-state index is 0.121. The highest BCUT2D eigenvalue weighted by Crippen LogP contribution is 2.34. The van der Waals surface area contributed by atoms with E-state index in [4.69, 9.17) is 4.74 Å². The van der Waals surface area contributed by atoms with Gasteiger partial charge in [-0.25, -0.2) is 14.8 Å². The quantitative estimate of drug-likeness (QED) is 0.812. The smallest absolute Gasteiger partial charge is 0.328 e. The van der Waals surface area contributed by atoms with Crippen molar-refractivity contribution in [2.24, 2.45) is 0 Å². The number of carbonyl (C=O) groups is 1. The van der Waals surface area contributed by atoms with Crippen LogP contribution in [0.15, 0.2) is 6.33 Å². The molecule has 5 nitrogen and oxygen atoms in total. The Labute approximate surface area is 129 Å². The molecule has 2 aromatic rings. The van der Waals surface area contributed by atoms with Gasteiger partial charge in [0.15, 0.2) is 0 Å². The van der Waals surface area contributed by atoms with E-state index in [0.29, 0.717) is 0 Å². The Bertz CT molecular complexity index is 666. The van der Waals surface area contributed by atoms with Crippen LogP contribution in [0.3, 0.4) is 0 Å². The summed E-state index contributed by atoms with van der Waals surface area (Å²) in [7, 11) is 1.86. The first kappa shape index (κ1) is 15.7. The van der Waals surface area contributed by atoms with Crippen LogP contribution in [0.25, 0.3) is 10.2 Å². The summed E-state index contributed by atoms with van der Waals surface area (Å²) < 4.78 is 5.28. The molecule has 2 aromatic heterocycles. The summed E-state index contributed by atoms with van der Waals surface area (Å²) >= 11 is 1.65. The topological polar surface area (TPSA) is 55.3 Å². The van der Waals surface area contributed by atoms with Crippen molar-refractivity contribution >= 4 is 33.3 Å². The minimum Gasteiger partial charge on any atom is -0.461 e. The van der Waals surface area contributed by atoms with Gasteiger partial charge in [-0.1, -0.05) is 0 Å². The lowest BCUT2D eigenvalue weighted by Gasteiger charge is -2.25. The average Bonchev–Trinajstić information content (AvgIpc) is 2.72. The van der Waals surface area contributed by atoms with E-state index in [1.165, 1.54) is 10.4 Å². The normalized spacial score (nSPS) is 12.7. The molecule has 0 spiro atoms. The van der Waals surface area contributed by atoms with Crippen molar-refractivity contribution < 1.29 is 9.53 Å². The lowest BCUT2D eigenvalue weighted by molar-refractivity contribution is -0.148. The number of hydrogen-bond acceptors (Lipinski definition) is 6. The molecule has 0 saturated carbocycles. The van der Waals surface area contributed by atoms with Gasteiger partial charge in [0.05, 0.1) is 11.5 Å². The van der Waals surface area contributed by atoms with Crippen molar-refractivity contribution in [1.29, 1.82) is 0 Å². The van der Waals surface area contributed by atoms with Gasteiger partial charge in [-0.15, -0.1) is 11.3 Å². The highest BCUT2D eigenvalue weighted by molar-refractivity contribution is 7.18. The van der Waals surface area contributed by atoms with Crippen LogP contribution < -0.4 is 4.90 Å². The van der Waals surface area contributed by atoms with E-state index in [1.54, 1.807) is 17.7 Å². The molecule has 21 heavy (non-hydrogen) atoms. The van der Waals surface area contributed by atoms with Crippen LogP contribution in [-0.2, 0) is 9.53 Å². The molecule has 114 valence electrons. The van der Waals surface area contributed by atoms with Crippen molar-refractivity contribution in [3.05, 3.63) is 16.8 Å². The molecule has 0 aromatic carbocycles. The number of rotatable bonds is 4. The second kappa shape index (κ2) is 5.97. The van der Waals surface area contributed by atoms with Crippen molar-refractivity contribution in [3.63, 3.8) is 0 Å². The van der Waals surface area contributed by atoms with Crippen LogP contribution in [0, 0.1) is 13.8 Å². The number of anilines is 1. The van der Waals surface area contributed by atoms with Gasteiger partial charge in [0.25, 0.3) is 0 Å². The van der Waals surface area contributed by atoms with E-state index in [9.17, 15) is 4.79 Å². The Morgan fingerprint density at radius 1 is 1.29 bits per heavy atom.